The number of nitrogens with zero attached hydrogens (tertiary/aromatic N) is 3. The van der Waals surface area contributed by atoms with Crippen molar-refractivity contribution in [3.8, 4) is 45.3 Å². The maximum absolute atomic E-state index is 6.73. The molecule has 238 valence electrons. The summed E-state index contributed by atoms with van der Waals surface area (Å²) >= 11 is 0. The summed E-state index contributed by atoms with van der Waals surface area (Å²) in [6.45, 7) is 0. The van der Waals surface area contributed by atoms with Crippen molar-refractivity contribution in [2.75, 3.05) is 0 Å². The predicted octanol–water partition coefficient (Wildman–Crippen LogP) is 12.2. The molecule has 0 N–H and O–H groups in total. The van der Waals surface area contributed by atoms with Crippen LogP contribution >= 0.6 is 0 Å². The van der Waals surface area contributed by atoms with Gasteiger partial charge in [0.15, 0.2) is 17.5 Å². The Bertz CT molecular complexity index is 3150. The summed E-state index contributed by atoms with van der Waals surface area (Å²) in [5, 5.41) is 6.27. The second kappa shape index (κ2) is 10.7. The summed E-state index contributed by atoms with van der Waals surface area (Å²) in [5.41, 5.74) is 9.63. The van der Waals surface area contributed by atoms with Gasteiger partial charge in [0.05, 0.1) is 5.56 Å². The summed E-state index contributed by atoms with van der Waals surface area (Å²) in [5.74, 6) is 1.70. The zero-order valence-corrected chi connectivity index (χ0v) is 27.0. The van der Waals surface area contributed by atoms with E-state index in [4.69, 9.17) is 28.2 Å². The van der Waals surface area contributed by atoms with Gasteiger partial charge in [0, 0.05) is 43.4 Å². The smallest absolute Gasteiger partial charge is 0.167 e. The maximum atomic E-state index is 6.73. The highest BCUT2D eigenvalue weighted by atomic mass is 16.3. The predicted molar refractivity (Wildman–Crippen MR) is 203 cm³/mol. The molecule has 4 heterocycles. The molecule has 11 aromatic rings. The molecule has 0 aliphatic rings. The maximum Gasteiger partial charge on any atom is 0.167 e. The average molecular weight is 656 g/mol. The molecule has 0 atom stereocenters. The van der Waals surface area contributed by atoms with Crippen molar-refractivity contribution in [1.82, 2.24) is 15.0 Å². The molecule has 0 aliphatic heterocycles. The van der Waals surface area contributed by atoms with Crippen LogP contribution in [0.4, 0.5) is 0 Å². The van der Waals surface area contributed by atoms with E-state index in [0.717, 1.165) is 93.6 Å². The van der Waals surface area contributed by atoms with Gasteiger partial charge in [-0.15, -0.1) is 0 Å². The quantitative estimate of drug-likeness (QED) is 0.188. The lowest BCUT2D eigenvalue weighted by Gasteiger charge is -2.09. The van der Waals surface area contributed by atoms with E-state index >= 15 is 0 Å². The van der Waals surface area contributed by atoms with Crippen LogP contribution in [0, 0.1) is 0 Å². The van der Waals surface area contributed by atoms with Gasteiger partial charge in [-0.1, -0.05) is 97.1 Å². The molecule has 4 aromatic heterocycles. The number of para-hydroxylation sites is 3. The molecule has 0 amide bonds. The molecule has 0 saturated heterocycles. The standard InChI is InChI=1S/C45H25N3O3/c1-2-10-26(11-3-1)43-46-44(28-21-23-38-35(24-28)30-12-4-6-17-36(30)49-38)48-45(47-43)34-16-8-15-32-31-22-20-27(25-40(31)51-42(32)34)29-14-9-19-39-41(29)33-13-5-7-18-37(33)50-39/h1-25H. The number of rotatable bonds is 4. The zero-order valence-electron chi connectivity index (χ0n) is 27.0. The topological polar surface area (TPSA) is 78.1 Å². The van der Waals surface area contributed by atoms with Crippen molar-refractivity contribution in [2.24, 2.45) is 0 Å². The van der Waals surface area contributed by atoms with E-state index in [2.05, 4.69) is 48.5 Å². The average Bonchev–Trinajstić information content (AvgIpc) is 3.88. The highest BCUT2D eigenvalue weighted by Crippen LogP contribution is 2.41. The largest absolute Gasteiger partial charge is 0.456 e. The number of furan rings is 3. The zero-order chi connectivity index (χ0) is 33.5. The molecule has 11 rings (SSSR count). The minimum absolute atomic E-state index is 0.538. The lowest BCUT2D eigenvalue weighted by molar-refractivity contribution is 0.668. The van der Waals surface area contributed by atoms with E-state index in [1.165, 1.54) is 0 Å². The molecule has 6 nitrogen and oxygen atoms in total. The number of benzene rings is 7. The highest BCUT2D eigenvalue weighted by Gasteiger charge is 2.20. The van der Waals surface area contributed by atoms with Crippen LogP contribution in [0.2, 0.25) is 0 Å². The third-order valence-electron chi connectivity index (χ3n) is 9.76. The minimum atomic E-state index is 0.538. The molecule has 0 aliphatic carbocycles. The monoisotopic (exact) mass is 655 g/mol. The van der Waals surface area contributed by atoms with Crippen LogP contribution in [-0.2, 0) is 0 Å². The summed E-state index contributed by atoms with van der Waals surface area (Å²) in [6.07, 6.45) is 0. The van der Waals surface area contributed by atoms with Crippen LogP contribution < -0.4 is 0 Å². The van der Waals surface area contributed by atoms with Gasteiger partial charge in [-0.25, -0.2) is 15.0 Å². The summed E-state index contributed by atoms with van der Waals surface area (Å²) in [7, 11) is 0. The van der Waals surface area contributed by atoms with Crippen molar-refractivity contribution < 1.29 is 13.3 Å². The second-order valence-corrected chi connectivity index (χ2v) is 12.8. The van der Waals surface area contributed by atoms with Gasteiger partial charge < -0.3 is 13.3 Å². The Kier molecular flexibility index (Phi) is 5.86. The van der Waals surface area contributed by atoms with Gasteiger partial charge in [0.25, 0.3) is 0 Å². The van der Waals surface area contributed by atoms with Gasteiger partial charge in [0.1, 0.15) is 33.5 Å². The first-order chi connectivity index (χ1) is 25.2. The first-order valence-electron chi connectivity index (χ1n) is 16.8. The van der Waals surface area contributed by atoms with Crippen LogP contribution in [0.3, 0.4) is 0 Å². The molecule has 0 fully saturated rings. The number of fused-ring (bicyclic) bond motifs is 9. The number of aromatic nitrogens is 3. The molecule has 0 bridgehead atoms. The van der Waals surface area contributed by atoms with E-state index in [9.17, 15) is 0 Å². The van der Waals surface area contributed by atoms with Gasteiger partial charge in [-0.3, -0.25) is 0 Å². The molecular formula is C45H25N3O3. The van der Waals surface area contributed by atoms with E-state index in [0.29, 0.717) is 17.5 Å². The SMILES string of the molecule is c1ccc(-c2nc(-c3ccc4oc5ccccc5c4c3)nc(-c3cccc4c3oc3cc(-c5cccc6oc7ccccc7c56)ccc34)n2)cc1. The van der Waals surface area contributed by atoms with Crippen LogP contribution in [0.15, 0.2) is 165 Å². The Morgan fingerprint density at radius 3 is 1.80 bits per heavy atom. The van der Waals surface area contributed by atoms with Crippen molar-refractivity contribution in [1.29, 1.82) is 0 Å². The van der Waals surface area contributed by atoms with E-state index in [1.54, 1.807) is 0 Å². The fraction of sp³-hybridized carbons (Fsp3) is 0. The number of hydrogen-bond acceptors (Lipinski definition) is 6. The summed E-state index contributed by atoms with van der Waals surface area (Å²) < 4.78 is 19.0. The Morgan fingerprint density at radius 2 is 0.922 bits per heavy atom. The molecule has 7 aromatic carbocycles. The van der Waals surface area contributed by atoms with Gasteiger partial charge >= 0.3 is 0 Å². The van der Waals surface area contributed by atoms with E-state index in [-0.39, 0.29) is 0 Å². The Labute approximate surface area is 290 Å². The van der Waals surface area contributed by atoms with Gasteiger partial charge in [0.2, 0.25) is 0 Å². The normalized spacial score (nSPS) is 11.9. The summed E-state index contributed by atoms with van der Waals surface area (Å²) in [6, 6.07) is 51.1. The molecule has 0 radical (unpaired) electrons. The molecule has 0 spiro atoms. The lowest BCUT2D eigenvalue weighted by Crippen LogP contribution is -2.00. The first kappa shape index (κ1) is 27.9. The summed E-state index contributed by atoms with van der Waals surface area (Å²) in [4.78, 5) is 15.1. The number of hydrogen-bond donors (Lipinski definition) is 0. The Hall–Kier alpha value is -7.05. The van der Waals surface area contributed by atoms with Gasteiger partial charge in [-0.2, -0.15) is 0 Å². The minimum Gasteiger partial charge on any atom is -0.456 e. The lowest BCUT2D eigenvalue weighted by atomic mass is 9.98. The Morgan fingerprint density at radius 1 is 0.314 bits per heavy atom. The van der Waals surface area contributed by atoms with Crippen molar-refractivity contribution in [3.05, 3.63) is 152 Å². The molecule has 0 saturated carbocycles. The van der Waals surface area contributed by atoms with Gasteiger partial charge in [-0.05, 0) is 65.7 Å². The van der Waals surface area contributed by atoms with E-state index in [1.807, 2.05) is 103 Å². The van der Waals surface area contributed by atoms with Crippen molar-refractivity contribution >= 4 is 65.8 Å². The molecule has 0 unspecified atom stereocenters. The first-order valence-corrected chi connectivity index (χ1v) is 16.8. The van der Waals surface area contributed by atoms with E-state index < -0.39 is 0 Å². The molecular weight excluding hydrogens is 631 g/mol. The fourth-order valence-electron chi connectivity index (χ4n) is 7.36. The van der Waals surface area contributed by atoms with Crippen molar-refractivity contribution in [3.63, 3.8) is 0 Å². The third-order valence-corrected chi connectivity index (χ3v) is 9.76. The molecule has 51 heavy (non-hydrogen) atoms. The van der Waals surface area contributed by atoms with Crippen molar-refractivity contribution in [2.45, 2.75) is 0 Å². The highest BCUT2D eigenvalue weighted by molar-refractivity contribution is 6.14. The molecule has 6 heteroatoms. The van der Waals surface area contributed by atoms with Crippen LogP contribution in [0.25, 0.3) is 111 Å². The van der Waals surface area contributed by atoms with Crippen LogP contribution in [0.1, 0.15) is 0 Å². The van der Waals surface area contributed by atoms with Crippen LogP contribution in [-0.4, -0.2) is 15.0 Å². The van der Waals surface area contributed by atoms with Crippen LogP contribution in [0.5, 0.6) is 0 Å². The third kappa shape index (κ3) is 4.33. The Balaban J connectivity index is 1.10. The fourth-order valence-corrected chi connectivity index (χ4v) is 7.36. The second-order valence-electron chi connectivity index (χ2n) is 12.8.